The Balaban J connectivity index is 0.000000391. The maximum absolute atomic E-state index is 12.8. The molecule has 11 heteroatoms. The number of hydrogen-bond donors (Lipinski definition) is 4. The lowest BCUT2D eigenvalue weighted by molar-refractivity contribution is -0.139. The molecule has 2 aromatic carbocycles. The van der Waals surface area contributed by atoms with Crippen molar-refractivity contribution in [1.29, 1.82) is 0 Å². The van der Waals surface area contributed by atoms with Crippen molar-refractivity contribution in [3.8, 4) is 0 Å². The Kier molecular flexibility index (Phi) is 12.8. The van der Waals surface area contributed by atoms with Gasteiger partial charge in [0.25, 0.3) is 0 Å². The lowest BCUT2D eigenvalue weighted by Crippen LogP contribution is -2.44. The zero-order chi connectivity index (χ0) is 29.8. The van der Waals surface area contributed by atoms with Crippen LogP contribution in [-0.2, 0) is 27.1 Å². The molecule has 9 nitrogen and oxygen atoms in total. The third-order valence-electron chi connectivity index (χ3n) is 4.68. The van der Waals surface area contributed by atoms with E-state index >= 15 is 0 Å². The van der Waals surface area contributed by atoms with Gasteiger partial charge in [0.05, 0.1) is 12.6 Å². The molecule has 2 atom stereocenters. The number of hydrogen-bond acceptors (Lipinski definition) is 6. The first-order chi connectivity index (χ1) is 18.0. The Morgan fingerprint density at radius 2 is 1.13 bits per heavy atom. The summed E-state index contributed by atoms with van der Waals surface area (Å²) in [6.07, 6.45) is -0.911. The zero-order valence-electron chi connectivity index (χ0n) is 23.1. The van der Waals surface area contributed by atoms with Crippen molar-refractivity contribution in [2.24, 2.45) is 0 Å². The van der Waals surface area contributed by atoms with Crippen LogP contribution in [0.25, 0.3) is 0 Å². The lowest BCUT2D eigenvalue weighted by atomic mass is 10.1. The molecule has 0 aliphatic carbocycles. The molecule has 2 rings (SSSR count). The fraction of sp³-hybridized carbons (Fsp3) is 0.464. The second kappa shape index (κ2) is 15.0. The standard InChI is InChI=1S/C14H18FNO4.C14H20FNO3/c1-14(2,3)20-13(19)16-11(12(17)18)8-9-4-6-10(15)7-5-9;1-14(2,3)19-13(18)16-12(9-17)8-10-4-6-11(15)7-5-10/h4-7,11H,8H2,1-3H3,(H,16,19)(H,17,18);4-7,12,17H,8-9H2,1-3H3,(H,16,18)/t11-;12-/m11/s1. The van der Waals surface area contributed by atoms with Gasteiger partial charge in [-0.1, -0.05) is 24.3 Å². The first-order valence-electron chi connectivity index (χ1n) is 12.3. The summed E-state index contributed by atoms with van der Waals surface area (Å²) in [5.74, 6) is -1.90. The average Bonchev–Trinajstić information content (AvgIpc) is 2.79. The molecule has 0 aliphatic rings. The molecule has 0 bridgehead atoms. The van der Waals surface area contributed by atoms with E-state index in [-0.39, 0.29) is 18.8 Å². The minimum Gasteiger partial charge on any atom is -0.480 e. The summed E-state index contributed by atoms with van der Waals surface area (Å²) < 4.78 is 35.6. The fourth-order valence-electron chi connectivity index (χ4n) is 3.05. The van der Waals surface area contributed by atoms with E-state index in [9.17, 15) is 28.3 Å². The molecule has 0 saturated carbocycles. The van der Waals surface area contributed by atoms with Crippen LogP contribution < -0.4 is 10.6 Å². The van der Waals surface area contributed by atoms with Crippen molar-refractivity contribution < 1.29 is 42.9 Å². The number of rotatable bonds is 8. The predicted molar refractivity (Wildman–Crippen MR) is 141 cm³/mol. The molecule has 0 spiro atoms. The molecule has 0 heterocycles. The summed E-state index contributed by atoms with van der Waals surface area (Å²) in [5, 5.41) is 23.2. The molecule has 0 fully saturated rings. The first kappa shape index (κ1) is 33.3. The Morgan fingerprint density at radius 3 is 1.49 bits per heavy atom. The van der Waals surface area contributed by atoms with Crippen LogP contribution in [0.15, 0.2) is 48.5 Å². The fourth-order valence-corrected chi connectivity index (χ4v) is 3.05. The number of nitrogens with one attached hydrogen (secondary N) is 2. The minimum atomic E-state index is -1.18. The average molecular weight is 553 g/mol. The third-order valence-corrected chi connectivity index (χ3v) is 4.68. The molecule has 0 saturated heterocycles. The van der Waals surface area contributed by atoms with Gasteiger partial charge in [0.15, 0.2) is 0 Å². The molecule has 216 valence electrons. The van der Waals surface area contributed by atoms with Crippen LogP contribution >= 0.6 is 0 Å². The first-order valence-corrected chi connectivity index (χ1v) is 12.3. The lowest BCUT2D eigenvalue weighted by Gasteiger charge is -2.22. The van der Waals surface area contributed by atoms with Gasteiger partial charge in [-0.15, -0.1) is 0 Å². The van der Waals surface area contributed by atoms with Gasteiger partial charge in [-0.2, -0.15) is 0 Å². The van der Waals surface area contributed by atoms with E-state index in [1.807, 2.05) is 0 Å². The Morgan fingerprint density at radius 1 is 0.744 bits per heavy atom. The largest absolute Gasteiger partial charge is 0.480 e. The maximum Gasteiger partial charge on any atom is 0.408 e. The summed E-state index contributed by atoms with van der Waals surface area (Å²) >= 11 is 0. The molecule has 2 aromatic rings. The van der Waals surface area contributed by atoms with E-state index in [0.29, 0.717) is 12.0 Å². The van der Waals surface area contributed by atoms with Crippen LogP contribution in [0.4, 0.5) is 18.4 Å². The number of carbonyl (C=O) groups is 3. The number of aliphatic carboxylic acids is 1. The van der Waals surface area contributed by atoms with Crippen LogP contribution in [0, 0.1) is 11.6 Å². The van der Waals surface area contributed by atoms with Crippen LogP contribution in [0.5, 0.6) is 0 Å². The summed E-state index contributed by atoms with van der Waals surface area (Å²) in [6, 6.07) is 9.77. The highest BCUT2D eigenvalue weighted by Crippen LogP contribution is 2.11. The number of carbonyl (C=O) groups excluding carboxylic acids is 2. The molecular weight excluding hydrogens is 514 g/mol. The van der Waals surface area contributed by atoms with Crippen molar-refractivity contribution in [3.05, 3.63) is 71.3 Å². The highest BCUT2D eigenvalue weighted by molar-refractivity contribution is 5.80. The van der Waals surface area contributed by atoms with Crippen LogP contribution in [0.3, 0.4) is 0 Å². The van der Waals surface area contributed by atoms with E-state index in [1.165, 1.54) is 36.4 Å². The van der Waals surface area contributed by atoms with E-state index < -0.39 is 47.3 Å². The maximum atomic E-state index is 12.8. The summed E-state index contributed by atoms with van der Waals surface area (Å²) in [5.41, 5.74) is 0.148. The highest BCUT2D eigenvalue weighted by Gasteiger charge is 2.24. The Bertz CT molecular complexity index is 1060. The second-order valence-corrected chi connectivity index (χ2v) is 10.7. The smallest absolute Gasteiger partial charge is 0.408 e. The SMILES string of the molecule is CC(C)(C)OC(=O)N[C@@H](CO)Cc1ccc(F)cc1.CC(C)(C)OC(=O)N[C@H](Cc1ccc(F)cc1)C(=O)O. The molecule has 39 heavy (non-hydrogen) atoms. The van der Waals surface area contributed by atoms with Gasteiger partial charge in [-0.05, 0) is 83.4 Å². The number of amides is 2. The zero-order valence-corrected chi connectivity index (χ0v) is 23.1. The molecule has 0 aliphatic heterocycles. The summed E-state index contributed by atoms with van der Waals surface area (Å²) in [6.45, 7) is 10.1. The van der Waals surface area contributed by atoms with Crippen LogP contribution in [-0.4, -0.2) is 58.3 Å². The van der Waals surface area contributed by atoms with Crippen molar-refractivity contribution in [1.82, 2.24) is 10.6 Å². The number of benzene rings is 2. The number of ether oxygens (including phenoxy) is 2. The molecule has 0 aromatic heterocycles. The number of aliphatic hydroxyl groups is 1. The summed E-state index contributed by atoms with van der Waals surface area (Å²) in [7, 11) is 0. The normalized spacial score (nSPS) is 12.7. The van der Waals surface area contributed by atoms with Crippen LogP contribution in [0.2, 0.25) is 0 Å². The minimum absolute atomic E-state index is 0.0505. The molecule has 4 N–H and O–H groups in total. The quantitative estimate of drug-likeness (QED) is 0.376. The van der Waals surface area contributed by atoms with Crippen LogP contribution in [0.1, 0.15) is 52.7 Å². The van der Waals surface area contributed by atoms with Gasteiger partial charge in [-0.25, -0.2) is 23.2 Å². The predicted octanol–water partition coefficient (Wildman–Crippen LogP) is 4.60. The van der Waals surface area contributed by atoms with Gasteiger partial charge in [0.1, 0.15) is 28.9 Å². The number of halogens is 2. The second-order valence-electron chi connectivity index (χ2n) is 10.7. The van der Waals surface area contributed by atoms with E-state index in [1.54, 1.807) is 53.7 Å². The molecule has 0 unspecified atom stereocenters. The Labute approximate surface area is 227 Å². The van der Waals surface area contributed by atoms with Gasteiger partial charge in [-0.3, -0.25) is 0 Å². The Hall–Kier alpha value is -3.73. The summed E-state index contributed by atoms with van der Waals surface area (Å²) in [4.78, 5) is 34.3. The van der Waals surface area contributed by atoms with E-state index in [0.717, 1.165) is 5.56 Å². The molecular formula is C28H38F2N2O7. The van der Waals surface area contributed by atoms with Crippen molar-refractivity contribution in [2.45, 2.75) is 77.7 Å². The topological polar surface area (TPSA) is 134 Å². The van der Waals surface area contributed by atoms with Crippen molar-refractivity contribution in [3.63, 3.8) is 0 Å². The van der Waals surface area contributed by atoms with Crippen molar-refractivity contribution >= 4 is 18.2 Å². The highest BCUT2D eigenvalue weighted by atomic mass is 19.1. The van der Waals surface area contributed by atoms with Gasteiger partial charge in [0, 0.05) is 6.42 Å². The van der Waals surface area contributed by atoms with E-state index in [4.69, 9.17) is 14.6 Å². The number of carboxylic acid groups (broad SMARTS) is 1. The van der Waals surface area contributed by atoms with Crippen molar-refractivity contribution in [2.75, 3.05) is 6.61 Å². The van der Waals surface area contributed by atoms with Gasteiger partial charge in [0.2, 0.25) is 0 Å². The van der Waals surface area contributed by atoms with E-state index in [2.05, 4.69) is 10.6 Å². The monoisotopic (exact) mass is 552 g/mol. The number of aliphatic hydroxyl groups excluding tert-OH is 1. The number of alkyl carbamates (subject to hydrolysis) is 2. The van der Waals surface area contributed by atoms with Gasteiger partial charge >= 0.3 is 18.2 Å². The number of carboxylic acids is 1. The molecule has 2 amide bonds. The molecule has 0 radical (unpaired) electrons. The third kappa shape index (κ3) is 15.3. The van der Waals surface area contributed by atoms with Gasteiger partial charge < -0.3 is 30.3 Å².